The molecule has 2 aromatic carbocycles. The quantitative estimate of drug-likeness (QED) is 0.678. The molecular weight excluding hydrogens is 360 g/mol. The summed E-state index contributed by atoms with van der Waals surface area (Å²) in [5.41, 5.74) is 2.65. The summed E-state index contributed by atoms with van der Waals surface area (Å²) in [7, 11) is 3.02. The molecule has 1 aliphatic heterocycles. The van der Waals surface area contributed by atoms with Crippen LogP contribution in [0.15, 0.2) is 36.4 Å². The lowest BCUT2D eigenvalue weighted by molar-refractivity contribution is -0.138. The van der Waals surface area contributed by atoms with Crippen molar-refractivity contribution < 1.29 is 24.2 Å². The van der Waals surface area contributed by atoms with Crippen LogP contribution in [-0.4, -0.2) is 37.7 Å². The van der Waals surface area contributed by atoms with Crippen LogP contribution < -0.4 is 20.1 Å². The number of hydrogen-bond donors (Lipinski definition) is 3. The van der Waals surface area contributed by atoms with Crippen molar-refractivity contribution >= 4 is 17.6 Å². The minimum absolute atomic E-state index is 0.138. The van der Waals surface area contributed by atoms with Crippen LogP contribution in [0.1, 0.15) is 46.8 Å². The molecule has 0 bridgehead atoms. The minimum Gasteiger partial charge on any atom is -0.493 e. The number of anilines is 1. The lowest BCUT2D eigenvalue weighted by atomic mass is 9.88. The lowest BCUT2D eigenvalue weighted by Crippen LogP contribution is -2.35. The van der Waals surface area contributed by atoms with E-state index in [9.17, 15) is 14.7 Å². The molecule has 1 unspecified atom stereocenters. The number of aliphatic carboxylic acids is 1. The van der Waals surface area contributed by atoms with Crippen LogP contribution in [0.4, 0.5) is 5.69 Å². The van der Waals surface area contributed by atoms with Crippen LogP contribution in [-0.2, 0) is 4.79 Å². The van der Waals surface area contributed by atoms with E-state index in [1.165, 1.54) is 14.2 Å². The van der Waals surface area contributed by atoms with Crippen LogP contribution >= 0.6 is 0 Å². The third-order valence-electron chi connectivity index (χ3n) is 5.04. The van der Waals surface area contributed by atoms with Gasteiger partial charge in [0.15, 0.2) is 17.5 Å². The van der Waals surface area contributed by atoms with Crippen LogP contribution in [0.5, 0.6) is 11.5 Å². The maximum absolute atomic E-state index is 12.3. The first kappa shape index (κ1) is 19.5. The van der Waals surface area contributed by atoms with E-state index in [1.54, 1.807) is 24.3 Å². The Morgan fingerprint density at radius 1 is 1.21 bits per heavy atom. The van der Waals surface area contributed by atoms with Gasteiger partial charge in [-0.15, -0.1) is 0 Å². The van der Waals surface area contributed by atoms with Gasteiger partial charge in [-0.1, -0.05) is 19.1 Å². The predicted octanol–water partition coefficient (Wildman–Crippen LogP) is 3.18. The number of benzene rings is 2. The molecule has 1 heterocycles. The highest BCUT2D eigenvalue weighted by Gasteiger charge is 2.26. The minimum atomic E-state index is -1.04. The van der Waals surface area contributed by atoms with Gasteiger partial charge in [0.1, 0.15) is 0 Å². The maximum Gasteiger partial charge on any atom is 0.330 e. The summed E-state index contributed by atoms with van der Waals surface area (Å²) >= 11 is 0. The average molecular weight is 384 g/mol. The van der Waals surface area contributed by atoms with E-state index >= 15 is 0 Å². The zero-order valence-electron chi connectivity index (χ0n) is 16.1. The summed E-state index contributed by atoms with van der Waals surface area (Å²) < 4.78 is 10.5. The van der Waals surface area contributed by atoms with Crippen molar-refractivity contribution in [3.63, 3.8) is 0 Å². The second kappa shape index (κ2) is 8.21. The van der Waals surface area contributed by atoms with Crippen LogP contribution in [0.2, 0.25) is 0 Å². The Labute approximate surface area is 163 Å². The summed E-state index contributed by atoms with van der Waals surface area (Å²) in [6.07, 6.45) is 0.920. The number of fused-ring (bicyclic) bond motifs is 1. The van der Waals surface area contributed by atoms with Gasteiger partial charge < -0.3 is 25.2 Å². The largest absolute Gasteiger partial charge is 0.493 e. The molecule has 7 heteroatoms. The van der Waals surface area contributed by atoms with Crippen molar-refractivity contribution in [2.24, 2.45) is 0 Å². The first-order valence-corrected chi connectivity index (χ1v) is 9.11. The van der Waals surface area contributed by atoms with Crippen LogP contribution in [0.3, 0.4) is 0 Å². The SMILES string of the molecule is CC[C@H]1CNC(=O)c2cc(NC(C(=O)O)c3ccc(OC)c(OC)c3)ccc21. The molecule has 2 aromatic rings. The van der Waals surface area contributed by atoms with Gasteiger partial charge >= 0.3 is 5.97 Å². The van der Waals surface area contributed by atoms with Crippen molar-refractivity contribution in [2.75, 3.05) is 26.1 Å². The number of ether oxygens (including phenoxy) is 2. The molecule has 0 fully saturated rings. The number of carbonyl (C=O) groups is 2. The van der Waals surface area contributed by atoms with Crippen LogP contribution in [0, 0.1) is 0 Å². The van der Waals surface area contributed by atoms with Gasteiger partial charge in [-0.05, 0) is 41.8 Å². The Balaban J connectivity index is 1.93. The Morgan fingerprint density at radius 2 is 1.96 bits per heavy atom. The van der Waals surface area contributed by atoms with Gasteiger partial charge in [-0.3, -0.25) is 4.79 Å². The first-order valence-electron chi connectivity index (χ1n) is 9.11. The molecule has 7 nitrogen and oxygen atoms in total. The van der Waals surface area contributed by atoms with Crippen molar-refractivity contribution in [1.82, 2.24) is 5.32 Å². The lowest BCUT2D eigenvalue weighted by Gasteiger charge is -2.26. The van der Waals surface area contributed by atoms with Gasteiger partial charge in [0.2, 0.25) is 0 Å². The molecule has 0 saturated carbocycles. The number of carbonyl (C=O) groups excluding carboxylic acids is 1. The summed E-state index contributed by atoms with van der Waals surface area (Å²) in [6.45, 7) is 2.70. The summed E-state index contributed by atoms with van der Waals surface area (Å²) in [5.74, 6) is 0.0557. The molecule has 28 heavy (non-hydrogen) atoms. The van der Waals surface area contributed by atoms with Gasteiger partial charge in [-0.25, -0.2) is 4.79 Å². The van der Waals surface area contributed by atoms with E-state index in [0.29, 0.717) is 34.9 Å². The summed E-state index contributed by atoms with van der Waals surface area (Å²) in [4.78, 5) is 24.2. The van der Waals surface area contributed by atoms with Crippen molar-refractivity contribution in [3.8, 4) is 11.5 Å². The molecule has 2 atom stereocenters. The average Bonchev–Trinajstić information content (AvgIpc) is 2.71. The molecule has 0 radical (unpaired) electrons. The predicted molar refractivity (Wildman–Crippen MR) is 105 cm³/mol. The highest BCUT2D eigenvalue weighted by Crippen LogP contribution is 2.33. The fourth-order valence-corrected chi connectivity index (χ4v) is 3.47. The first-order chi connectivity index (χ1) is 13.5. The second-order valence-corrected chi connectivity index (χ2v) is 6.65. The molecule has 0 saturated heterocycles. The van der Waals surface area contributed by atoms with E-state index in [1.807, 2.05) is 12.1 Å². The third-order valence-corrected chi connectivity index (χ3v) is 5.04. The van der Waals surface area contributed by atoms with E-state index in [-0.39, 0.29) is 11.8 Å². The molecular formula is C21H24N2O5. The summed E-state index contributed by atoms with van der Waals surface area (Å²) in [6, 6.07) is 9.39. The van der Waals surface area contributed by atoms with Crippen LogP contribution in [0.25, 0.3) is 0 Å². The molecule has 3 rings (SSSR count). The zero-order chi connectivity index (χ0) is 20.3. The highest BCUT2D eigenvalue weighted by molar-refractivity contribution is 5.98. The van der Waals surface area contributed by atoms with Gasteiger partial charge in [0.25, 0.3) is 5.91 Å². The zero-order valence-corrected chi connectivity index (χ0v) is 16.1. The van der Waals surface area contributed by atoms with Crippen molar-refractivity contribution in [3.05, 3.63) is 53.1 Å². The molecule has 0 spiro atoms. The number of amides is 1. The molecule has 3 N–H and O–H groups in total. The Kier molecular flexibility index (Phi) is 5.73. The Bertz CT molecular complexity index is 896. The van der Waals surface area contributed by atoms with E-state index in [2.05, 4.69) is 17.6 Å². The molecule has 1 aliphatic rings. The monoisotopic (exact) mass is 384 g/mol. The molecule has 0 aromatic heterocycles. The van der Waals surface area contributed by atoms with E-state index < -0.39 is 12.0 Å². The smallest absolute Gasteiger partial charge is 0.330 e. The Morgan fingerprint density at radius 3 is 2.61 bits per heavy atom. The number of carboxylic acids is 1. The molecule has 148 valence electrons. The fourth-order valence-electron chi connectivity index (χ4n) is 3.47. The Hall–Kier alpha value is -3.22. The van der Waals surface area contributed by atoms with Gasteiger partial charge in [0.05, 0.1) is 14.2 Å². The highest BCUT2D eigenvalue weighted by atomic mass is 16.5. The van der Waals surface area contributed by atoms with E-state index in [4.69, 9.17) is 9.47 Å². The molecule has 1 amide bonds. The van der Waals surface area contributed by atoms with Crippen molar-refractivity contribution in [1.29, 1.82) is 0 Å². The van der Waals surface area contributed by atoms with Gasteiger partial charge in [-0.2, -0.15) is 0 Å². The van der Waals surface area contributed by atoms with Crippen molar-refractivity contribution in [2.45, 2.75) is 25.3 Å². The topological polar surface area (TPSA) is 96.9 Å². The van der Waals surface area contributed by atoms with E-state index in [0.717, 1.165) is 12.0 Å². The molecule has 0 aliphatic carbocycles. The second-order valence-electron chi connectivity index (χ2n) is 6.65. The summed E-state index contributed by atoms with van der Waals surface area (Å²) in [5, 5.41) is 15.6. The third kappa shape index (κ3) is 3.74. The van der Waals surface area contributed by atoms with Gasteiger partial charge in [0, 0.05) is 23.7 Å². The number of nitrogens with one attached hydrogen (secondary N) is 2. The number of rotatable bonds is 7. The number of hydrogen-bond acceptors (Lipinski definition) is 5. The number of methoxy groups -OCH3 is 2. The standard InChI is InChI=1S/C21H24N2O5/c1-4-12-11-22-20(24)16-10-14(6-7-15(12)16)23-19(21(25)26)13-5-8-17(27-2)18(9-13)28-3/h5-10,12,19,23H,4,11H2,1-3H3,(H,22,24)(H,25,26)/t12-,19?/m0/s1. The maximum atomic E-state index is 12.3. The number of carboxylic acid groups (broad SMARTS) is 1. The normalized spacial score (nSPS) is 16.5. The fraction of sp³-hybridized carbons (Fsp3) is 0.333.